The zero-order valence-electron chi connectivity index (χ0n) is 12.2. The number of rotatable bonds is 6. The molecule has 1 aromatic carbocycles. The smallest absolute Gasteiger partial charge is 0.266 e. The summed E-state index contributed by atoms with van der Waals surface area (Å²) in [5.74, 6) is -1.69. The van der Waals surface area contributed by atoms with Crippen LogP contribution in [0.2, 0.25) is 0 Å². The standard InChI is InChI=1S/C15H13FN2O5S/c16-12-3-1-2-10(6-12)14(9-20)24(22,23)18-15(21)11-4-5-13(8-19)17-7-11/h1-7,9,14,19H,8H2,(H,18,21). The van der Waals surface area contributed by atoms with Crippen LogP contribution in [0.3, 0.4) is 0 Å². The third kappa shape index (κ3) is 4.00. The lowest BCUT2D eigenvalue weighted by atomic mass is 10.1. The van der Waals surface area contributed by atoms with Gasteiger partial charge in [-0.05, 0) is 29.8 Å². The van der Waals surface area contributed by atoms with Crippen molar-refractivity contribution in [3.05, 3.63) is 65.2 Å². The number of aldehydes is 1. The van der Waals surface area contributed by atoms with Gasteiger partial charge in [0.2, 0.25) is 10.0 Å². The van der Waals surface area contributed by atoms with Crippen molar-refractivity contribution in [1.29, 1.82) is 0 Å². The van der Waals surface area contributed by atoms with Crippen LogP contribution in [0.1, 0.15) is 26.9 Å². The van der Waals surface area contributed by atoms with Crippen molar-refractivity contribution >= 4 is 22.2 Å². The van der Waals surface area contributed by atoms with E-state index in [1.165, 1.54) is 24.3 Å². The molecule has 1 aromatic heterocycles. The van der Waals surface area contributed by atoms with Gasteiger partial charge in [0.15, 0.2) is 5.25 Å². The monoisotopic (exact) mass is 352 g/mol. The van der Waals surface area contributed by atoms with Gasteiger partial charge >= 0.3 is 0 Å². The van der Waals surface area contributed by atoms with Gasteiger partial charge in [0, 0.05) is 6.20 Å². The summed E-state index contributed by atoms with van der Waals surface area (Å²) in [7, 11) is -4.42. The Kier molecular flexibility index (Phi) is 5.37. The molecule has 0 aliphatic carbocycles. The number of pyridine rings is 1. The topological polar surface area (TPSA) is 113 Å². The Balaban J connectivity index is 2.24. The highest BCUT2D eigenvalue weighted by molar-refractivity contribution is 7.91. The Morgan fingerprint density at radius 3 is 2.62 bits per heavy atom. The number of amides is 1. The summed E-state index contributed by atoms with van der Waals surface area (Å²) in [4.78, 5) is 26.9. The number of benzene rings is 1. The summed E-state index contributed by atoms with van der Waals surface area (Å²) < 4.78 is 39.4. The number of hydrogen-bond donors (Lipinski definition) is 2. The van der Waals surface area contributed by atoms with Crippen molar-refractivity contribution in [3.63, 3.8) is 0 Å². The third-order valence-corrected chi connectivity index (χ3v) is 4.64. The van der Waals surface area contributed by atoms with E-state index in [-0.39, 0.29) is 24.0 Å². The molecule has 1 unspecified atom stereocenters. The molecule has 1 amide bonds. The molecule has 24 heavy (non-hydrogen) atoms. The van der Waals surface area contributed by atoms with Gasteiger partial charge in [0.05, 0.1) is 17.9 Å². The molecule has 0 aliphatic rings. The fourth-order valence-corrected chi connectivity index (χ4v) is 3.07. The quantitative estimate of drug-likeness (QED) is 0.741. The van der Waals surface area contributed by atoms with E-state index in [0.717, 1.165) is 18.3 Å². The number of nitrogens with zero attached hydrogens (tertiary/aromatic N) is 1. The van der Waals surface area contributed by atoms with Crippen LogP contribution in [-0.2, 0) is 21.4 Å². The van der Waals surface area contributed by atoms with E-state index in [1.807, 2.05) is 0 Å². The molecule has 0 aliphatic heterocycles. The Labute approximate surface area is 137 Å². The minimum atomic E-state index is -4.42. The Hall–Kier alpha value is -2.65. The van der Waals surface area contributed by atoms with E-state index in [4.69, 9.17) is 5.11 Å². The lowest BCUT2D eigenvalue weighted by molar-refractivity contribution is -0.107. The maximum absolute atomic E-state index is 13.2. The van der Waals surface area contributed by atoms with Crippen molar-refractivity contribution in [2.45, 2.75) is 11.9 Å². The lowest BCUT2D eigenvalue weighted by Gasteiger charge is -2.13. The molecule has 0 spiro atoms. The number of aliphatic hydroxyl groups is 1. The van der Waals surface area contributed by atoms with Gasteiger partial charge in [-0.3, -0.25) is 9.78 Å². The van der Waals surface area contributed by atoms with E-state index >= 15 is 0 Å². The van der Waals surface area contributed by atoms with E-state index in [2.05, 4.69) is 4.98 Å². The first-order valence-corrected chi connectivity index (χ1v) is 8.24. The molecular weight excluding hydrogens is 339 g/mol. The first-order chi connectivity index (χ1) is 11.4. The number of halogens is 1. The number of aromatic nitrogens is 1. The third-order valence-electron chi connectivity index (χ3n) is 3.12. The summed E-state index contributed by atoms with van der Waals surface area (Å²) in [5, 5.41) is 7.14. The van der Waals surface area contributed by atoms with Gasteiger partial charge in [-0.15, -0.1) is 0 Å². The molecule has 1 heterocycles. The second-order valence-electron chi connectivity index (χ2n) is 4.78. The Bertz CT molecular complexity index is 852. The van der Waals surface area contributed by atoms with Crippen molar-refractivity contribution in [2.24, 2.45) is 0 Å². The predicted molar refractivity (Wildman–Crippen MR) is 81.8 cm³/mol. The summed E-state index contributed by atoms with van der Waals surface area (Å²) in [6.45, 7) is -0.326. The molecule has 0 saturated heterocycles. The average molecular weight is 352 g/mol. The minimum absolute atomic E-state index is 0.0698. The highest BCUT2D eigenvalue weighted by atomic mass is 32.2. The summed E-state index contributed by atoms with van der Waals surface area (Å²) in [6.07, 6.45) is 1.20. The van der Waals surface area contributed by atoms with Crippen LogP contribution in [0.4, 0.5) is 4.39 Å². The number of sulfonamides is 1. The highest BCUT2D eigenvalue weighted by Gasteiger charge is 2.29. The van der Waals surface area contributed by atoms with Crippen LogP contribution in [0.5, 0.6) is 0 Å². The average Bonchev–Trinajstić information content (AvgIpc) is 2.55. The largest absolute Gasteiger partial charge is 0.390 e. The molecule has 0 radical (unpaired) electrons. The predicted octanol–water partition coefficient (Wildman–Crippen LogP) is 0.713. The molecule has 126 valence electrons. The fourth-order valence-electron chi connectivity index (χ4n) is 1.92. The van der Waals surface area contributed by atoms with Crippen LogP contribution >= 0.6 is 0 Å². The zero-order chi connectivity index (χ0) is 17.7. The molecular formula is C15H13FN2O5S. The summed E-state index contributed by atoms with van der Waals surface area (Å²) in [5.41, 5.74) is 0.138. The maximum atomic E-state index is 13.2. The molecule has 2 rings (SSSR count). The first kappa shape index (κ1) is 17.7. The van der Waals surface area contributed by atoms with E-state index in [0.29, 0.717) is 5.69 Å². The number of hydrogen-bond acceptors (Lipinski definition) is 6. The SMILES string of the molecule is O=CC(c1cccc(F)c1)S(=O)(=O)NC(=O)c1ccc(CO)nc1. The van der Waals surface area contributed by atoms with Crippen LogP contribution in [-0.4, -0.2) is 30.7 Å². The second kappa shape index (κ2) is 7.28. The fraction of sp³-hybridized carbons (Fsp3) is 0.133. The molecule has 7 nitrogen and oxygen atoms in total. The van der Waals surface area contributed by atoms with Gasteiger partial charge in [-0.25, -0.2) is 17.5 Å². The van der Waals surface area contributed by atoms with Gasteiger partial charge in [-0.1, -0.05) is 12.1 Å². The lowest BCUT2D eigenvalue weighted by Crippen LogP contribution is -2.35. The maximum Gasteiger partial charge on any atom is 0.266 e. The van der Waals surface area contributed by atoms with E-state index in [9.17, 15) is 22.4 Å². The van der Waals surface area contributed by atoms with Crippen LogP contribution in [0.15, 0.2) is 42.6 Å². The second-order valence-corrected chi connectivity index (χ2v) is 6.59. The summed E-state index contributed by atoms with van der Waals surface area (Å²) >= 11 is 0. The molecule has 0 bridgehead atoms. The van der Waals surface area contributed by atoms with Crippen molar-refractivity contribution < 1.29 is 27.5 Å². The summed E-state index contributed by atoms with van der Waals surface area (Å²) in [6, 6.07) is 7.16. The highest BCUT2D eigenvalue weighted by Crippen LogP contribution is 2.20. The number of carbonyl (C=O) groups excluding carboxylic acids is 2. The number of aliphatic hydroxyl groups excluding tert-OH is 1. The molecule has 2 N–H and O–H groups in total. The van der Waals surface area contributed by atoms with Crippen LogP contribution < -0.4 is 4.72 Å². The first-order valence-electron chi connectivity index (χ1n) is 6.70. The molecule has 2 aromatic rings. The van der Waals surface area contributed by atoms with Gasteiger partial charge in [0.25, 0.3) is 5.91 Å². The number of carbonyl (C=O) groups is 2. The van der Waals surface area contributed by atoms with E-state index < -0.39 is 27.0 Å². The van der Waals surface area contributed by atoms with Crippen molar-refractivity contribution in [2.75, 3.05) is 0 Å². The van der Waals surface area contributed by atoms with Crippen LogP contribution in [0, 0.1) is 5.82 Å². The Morgan fingerprint density at radius 2 is 2.08 bits per heavy atom. The minimum Gasteiger partial charge on any atom is -0.390 e. The molecule has 0 fully saturated rings. The normalized spacial score (nSPS) is 12.4. The number of nitrogens with one attached hydrogen (secondary N) is 1. The van der Waals surface area contributed by atoms with Crippen molar-refractivity contribution in [1.82, 2.24) is 9.71 Å². The molecule has 1 atom stereocenters. The van der Waals surface area contributed by atoms with Gasteiger partial charge in [-0.2, -0.15) is 0 Å². The zero-order valence-corrected chi connectivity index (χ0v) is 13.0. The van der Waals surface area contributed by atoms with Gasteiger partial charge < -0.3 is 9.90 Å². The van der Waals surface area contributed by atoms with Crippen molar-refractivity contribution in [3.8, 4) is 0 Å². The Morgan fingerprint density at radius 1 is 1.33 bits per heavy atom. The van der Waals surface area contributed by atoms with E-state index in [1.54, 1.807) is 4.72 Å². The molecule has 9 heteroatoms. The van der Waals surface area contributed by atoms with Gasteiger partial charge in [0.1, 0.15) is 12.1 Å². The molecule has 0 saturated carbocycles. The van der Waals surface area contributed by atoms with Crippen LogP contribution in [0.25, 0.3) is 0 Å².